The lowest BCUT2D eigenvalue weighted by atomic mass is 10.1. The highest BCUT2D eigenvalue weighted by Gasteiger charge is 2.16. The van der Waals surface area contributed by atoms with Crippen LogP contribution in [-0.2, 0) is 0 Å². The van der Waals surface area contributed by atoms with Gasteiger partial charge in [0, 0.05) is 22.7 Å². The van der Waals surface area contributed by atoms with Crippen LogP contribution in [0.4, 0.5) is 5.69 Å². The minimum atomic E-state index is -0.402. The molecule has 86 valence electrons. The fourth-order valence-corrected chi connectivity index (χ4v) is 2.21. The molecule has 4 N–H and O–H groups in total. The van der Waals surface area contributed by atoms with Gasteiger partial charge in [0.15, 0.2) is 0 Å². The summed E-state index contributed by atoms with van der Waals surface area (Å²) in [5.74, 6) is -0.402. The largest absolute Gasteiger partial charge is 0.380 e. The molecule has 1 saturated heterocycles. The highest BCUT2D eigenvalue weighted by molar-refractivity contribution is 9.10. The molecule has 2 rings (SSSR count). The fraction of sp³-hybridized carbons (Fsp3) is 0.364. The van der Waals surface area contributed by atoms with Gasteiger partial charge in [0.25, 0.3) is 5.91 Å². The molecule has 0 bridgehead atoms. The normalized spacial score (nSPS) is 19.7. The Kier molecular flexibility index (Phi) is 3.46. The zero-order valence-electron chi connectivity index (χ0n) is 8.79. The van der Waals surface area contributed by atoms with Gasteiger partial charge >= 0.3 is 0 Å². The molecule has 1 fully saturated rings. The van der Waals surface area contributed by atoms with Crippen LogP contribution in [0.25, 0.3) is 0 Å². The van der Waals surface area contributed by atoms with Crippen molar-refractivity contribution in [2.75, 3.05) is 18.4 Å². The van der Waals surface area contributed by atoms with E-state index >= 15 is 0 Å². The minimum Gasteiger partial charge on any atom is -0.380 e. The van der Waals surface area contributed by atoms with Crippen LogP contribution in [0, 0.1) is 0 Å². The molecule has 1 aliphatic rings. The first kappa shape index (κ1) is 11.4. The van der Waals surface area contributed by atoms with Crippen LogP contribution in [0.1, 0.15) is 16.8 Å². The first-order valence-electron chi connectivity index (χ1n) is 5.23. The van der Waals surface area contributed by atoms with Gasteiger partial charge in [-0.15, -0.1) is 0 Å². The SMILES string of the molecule is NC(=O)c1ccc(Br)cc1NC1CCNC1. The van der Waals surface area contributed by atoms with Crippen LogP contribution < -0.4 is 16.4 Å². The number of halogens is 1. The topological polar surface area (TPSA) is 67.2 Å². The van der Waals surface area contributed by atoms with Crippen LogP contribution in [0.3, 0.4) is 0 Å². The van der Waals surface area contributed by atoms with Crippen molar-refractivity contribution in [3.05, 3.63) is 28.2 Å². The maximum absolute atomic E-state index is 11.3. The van der Waals surface area contributed by atoms with Crippen molar-refractivity contribution in [1.82, 2.24) is 5.32 Å². The summed E-state index contributed by atoms with van der Waals surface area (Å²) in [7, 11) is 0. The van der Waals surface area contributed by atoms with Crippen molar-refractivity contribution >= 4 is 27.5 Å². The molecule has 0 aliphatic carbocycles. The zero-order chi connectivity index (χ0) is 11.5. The molecule has 1 aliphatic heterocycles. The quantitative estimate of drug-likeness (QED) is 0.784. The van der Waals surface area contributed by atoms with Crippen LogP contribution in [0.5, 0.6) is 0 Å². The number of amides is 1. The summed E-state index contributed by atoms with van der Waals surface area (Å²) in [6.07, 6.45) is 1.06. The molecule has 0 spiro atoms. The number of anilines is 1. The number of benzene rings is 1. The second kappa shape index (κ2) is 4.84. The van der Waals surface area contributed by atoms with Gasteiger partial charge in [-0.3, -0.25) is 4.79 Å². The predicted molar refractivity (Wildman–Crippen MR) is 67.6 cm³/mol. The molecular formula is C11H14BrN3O. The van der Waals surface area contributed by atoms with Gasteiger partial charge < -0.3 is 16.4 Å². The Morgan fingerprint density at radius 1 is 1.56 bits per heavy atom. The monoisotopic (exact) mass is 283 g/mol. The maximum Gasteiger partial charge on any atom is 0.250 e. The second-order valence-electron chi connectivity index (χ2n) is 3.89. The van der Waals surface area contributed by atoms with Crippen molar-refractivity contribution in [2.45, 2.75) is 12.5 Å². The summed E-state index contributed by atoms with van der Waals surface area (Å²) in [5, 5.41) is 6.60. The van der Waals surface area contributed by atoms with Gasteiger partial charge in [-0.2, -0.15) is 0 Å². The Labute approximate surface area is 103 Å². The molecule has 0 aromatic heterocycles. The number of nitrogens with one attached hydrogen (secondary N) is 2. The van der Waals surface area contributed by atoms with Gasteiger partial charge in [-0.1, -0.05) is 15.9 Å². The van der Waals surface area contributed by atoms with Crippen molar-refractivity contribution in [3.8, 4) is 0 Å². The van der Waals surface area contributed by atoms with E-state index in [9.17, 15) is 4.79 Å². The number of carbonyl (C=O) groups excluding carboxylic acids is 1. The molecule has 1 aromatic carbocycles. The molecule has 1 aromatic rings. The van der Waals surface area contributed by atoms with E-state index in [-0.39, 0.29) is 0 Å². The number of nitrogens with two attached hydrogens (primary N) is 1. The lowest BCUT2D eigenvalue weighted by molar-refractivity contribution is 0.100. The summed E-state index contributed by atoms with van der Waals surface area (Å²) in [4.78, 5) is 11.3. The van der Waals surface area contributed by atoms with Crippen LogP contribution in [0.2, 0.25) is 0 Å². The number of rotatable bonds is 3. The summed E-state index contributed by atoms with van der Waals surface area (Å²) in [5.41, 5.74) is 6.67. The van der Waals surface area contributed by atoms with E-state index in [1.807, 2.05) is 12.1 Å². The van der Waals surface area contributed by atoms with E-state index in [0.717, 1.165) is 29.7 Å². The number of primary amides is 1. The van der Waals surface area contributed by atoms with Gasteiger partial charge in [0.05, 0.1) is 5.56 Å². The molecule has 4 nitrogen and oxygen atoms in total. The predicted octanol–water partition coefficient (Wildman–Crippen LogP) is 1.32. The lowest BCUT2D eigenvalue weighted by Gasteiger charge is -2.15. The van der Waals surface area contributed by atoms with Gasteiger partial charge in [-0.25, -0.2) is 0 Å². The third-order valence-corrected chi connectivity index (χ3v) is 3.16. The van der Waals surface area contributed by atoms with Gasteiger partial charge in [-0.05, 0) is 31.2 Å². The summed E-state index contributed by atoms with van der Waals surface area (Å²) in [6, 6.07) is 5.81. The van der Waals surface area contributed by atoms with Crippen molar-refractivity contribution in [1.29, 1.82) is 0 Å². The number of hydrogen-bond acceptors (Lipinski definition) is 3. The van der Waals surface area contributed by atoms with Crippen LogP contribution in [-0.4, -0.2) is 25.0 Å². The summed E-state index contributed by atoms with van der Waals surface area (Å²) < 4.78 is 0.936. The van der Waals surface area contributed by atoms with E-state index in [0.29, 0.717) is 11.6 Å². The van der Waals surface area contributed by atoms with Crippen molar-refractivity contribution in [2.24, 2.45) is 5.73 Å². The fourth-order valence-electron chi connectivity index (χ4n) is 1.85. The summed E-state index contributed by atoms with van der Waals surface area (Å²) >= 11 is 3.39. The Hall–Kier alpha value is -1.07. The van der Waals surface area contributed by atoms with Crippen molar-refractivity contribution in [3.63, 3.8) is 0 Å². The maximum atomic E-state index is 11.3. The Bertz CT molecular complexity index is 402. The average molecular weight is 284 g/mol. The molecule has 1 unspecified atom stereocenters. The third-order valence-electron chi connectivity index (χ3n) is 2.67. The highest BCUT2D eigenvalue weighted by Crippen LogP contribution is 2.22. The lowest BCUT2D eigenvalue weighted by Crippen LogP contribution is -2.24. The van der Waals surface area contributed by atoms with E-state index in [1.165, 1.54) is 0 Å². The van der Waals surface area contributed by atoms with E-state index < -0.39 is 5.91 Å². The van der Waals surface area contributed by atoms with Crippen LogP contribution >= 0.6 is 15.9 Å². The minimum absolute atomic E-state index is 0.368. The molecular weight excluding hydrogens is 270 g/mol. The van der Waals surface area contributed by atoms with E-state index in [1.54, 1.807) is 6.07 Å². The van der Waals surface area contributed by atoms with Gasteiger partial charge in [0.1, 0.15) is 0 Å². The first-order chi connectivity index (χ1) is 7.66. The molecule has 0 saturated carbocycles. The number of hydrogen-bond donors (Lipinski definition) is 3. The molecule has 1 amide bonds. The summed E-state index contributed by atoms with van der Waals surface area (Å²) in [6.45, 7) is 1.93. The number of carbonyl (C=O) groups is 1. The molecule has 0 radical (unpaired) electrons. The zero-order valence-corrected chi connectivity index (χ0v) is 10.4. The van der Waals surface area contributed by atoms with Crippen LogP contribution in [0.15, 0.2) is 22.7 Å². The van der Waals surface area contributed by atoms with Gasteiger partial charge in [0.2, 0.25) is 0 Å². The first-order valence-corrected chi connectivity index (χ1v) is 6.03. The average Bonchev–Trinajstić information content (AvgIpc) is 2.70. The molecule has 1 heterocycles. The van der Waals surface area contributed by atoms with Crippen molar-refractivity contribution < 1.29 is 4.79 Å². The smallest absolute Gasteiger partial charge is 0.250 e. The Morgan fingerprint density at radius 2 is 2.38 bits per heavy atom. The third kappa shape index (κ3) is 2.54. The second-order valence-corrected chi connectivity index (χ2v) is 4.80. The Morgan fingerprint density at radius 3 is 3.00 bits per heavy atom. The Balaban J connectivity index is 2.22. The molecule has 5 heteroatoms. The van der Waals surface area contributed by atoms with E-state index in [2.05, 4.69) is 26.6 Å². The molecule has 16 heavy (non-hydrogen) atoms. The standard InChI is InChI=1S/C11H14BrN3O/c12-7-1-2-9(11(13)16)10(5-7)15-8-3-4-14-6-8/h1-2,5,8,14-15H,3-4,6H2,(H2,13,16). The van der Waals surface area contributed by atoms with E-state index in [4.69, 9.17) is 5.73 Å². The molecule has 1 atom stereocenters. The highest BCUT2D eigenvalue weighted by atomic mass is 79.9.